The molecule has 2 atom stereocenters. The van der Waals surface area contributed by atoms with E-state index in [4.69, 9.17) is 15.9 Å². The SMILES string of the molecule is CC(C)(C)[Si](C)(C)O[C@@H]1CC[C@@H](c2cc(N)cnc2N)C1. The molecule has 1 aromatic heterocycles. The number of anilines is 2. The monoisotopic (exact) mass is 307 g/mol. The van der Waals surface area contributed by atoms with Crippen LogP contribution in [0.2, 0.25) is 18.1 Å². The first kappa shape index (κ1) is 16.3. The van der Waals surface area contributed by atoms with Crippen LogP contribution in [0.4, 0.5) is 11.5 Å². The van der Waals surface area contributed by atoms with Crippen LogP contribution in [0.5, 0.6) is 0 Å². The van der Waals surface area contributed by atoms with Crippen LogP contribution in [0, 0.1) is 0 Å². The van der Waals surface area contributed by atoms with Crippen molar-refractivity contribution in [3.8, 4) is 0 Å². The van der Waals surface area contributed by atoms with E-state index >= 15 is 0 Å². The molecular weight excluding hydrogens is 278 g/mol. The Bertz CT molecular complexity index is 511. The third-order valence-electron chi connectivity index (χ3n) is 5.06. The van der Waals surface area contributed by atoms with Gasteiger partial charge in [0.25, 0.3) is 0 Å². The van der Waals surface area contributed by atoms with E-state index in [2.05, 4.69) is 38.8 Å². The molecule has 1 fully saturated rings. The van der Waals surface area contributed by atoms with Gasteiger partial charge in [0.2, 0.25) is 0 Å². The van der Waals surface area contributed by atoms with Gasteiger partial charge in [-0.15, -0.1) is 0 Å². The minimum Gasteiger partial charge on any atom is -0.414 e. The van der Waals surface area contributed by atoms with E-state index in [0.29, 0.717) is 23.5 Å². The molecule has 1 saturated carbocycles. The molecule has 1 aliphatic carbocycles. The summed E-state index contributed by atoms with van der Waals surface area (Å²) in [6.45, 7) is 11.5. The number of pyridine rings is 1. The molecule has 5 heteroatoms. The molecule has 118 valence electrons. The normalized spacial score (nSPS) is 23.5. The summed E-state index contributed by atoms with van der Waals surface area (Å²) in [6, 6.07) is 1.97. The van der Waals surface area contributed by atoms with Crippen LogP contribution >= 0.6 is 0 Å². The van der Waals surface area contributed by atoms with Gasteiger partial charge in [-0.05, 0) is 54.9 Å². The average molecular weight is 308 g/mol. The summed E-state index contributed by atoms with van der Waals surface area (Å²) < 4.78 is 6.53. The van der Waals surface area contributed by atoms with Crippen LogP contribution in [0.25, 0.3) is 0 Å². The summed E-state index contributed by atoms with van der Waals surface area (Å²) in [7, 11) is -1.70. The third kappa shape index (κ3) is 3.58. The highest BCUT2D eigenvalue weighted by molar-refractivity contribution is 6.74. The maximum absolute atomic E-state index is 6.53. The molecule has 0 saturated heterocycles. The van der Waals surface area contributed by atoms with Crippen molar-refractivity contribution in [2.75, 3.05) is 11.5 Å². The van der Waals surface area contributed by atoms with Crippen molar-refractivity contribution < 1.29 is 4.43 Å². The van der Waals surface area contributed by atoms with Gasteiger partial charge in [0.15, 0.2) is 8.32 Å². The predicted molar refractivity (Wildman–Crippen MR) is 91.7 cm³/mol. The second kappa shape index (κ2) is 5.61. The summed E-state index contributed by atoms with van der Waals surface area (Å²) in [5.41, 5.74) is 13.6. The minimum absolute atomic E-state index is 0.253. The van der Waals surface area contributed by atoms with Gasteiger partial charge in [-0.1, -0.05) is 20.8 Å². The summed E-state index contributed by atoms with van der Waals surface area (Å²) in [6.07, 6.45) is 5.20. The van der Waals surface area contributed by atoms with E-state index in [-0.39, 0.29) is 5.04 Å². The number of hydrogen-bond acceptors (Lipinski definition) is 4. The molecule has 1 aromatic rings. The Morgan fingerprint density at radius 3 is 2.52 bits per heavy atom. The van der Waals surface area contributed by atoms with Crippen molar-refractivity contribution in [2.24, 2.45) is 0 Å². The van der Waals surface area contributed by atoms with Crippen LogP contribution in [0.1, 0.15) is 51.5 Å². The standard InChI is InChI=1S/C16H29N3OSi/c1-16(2,3)21(4,5)20-13-7-6-11(8-13)14-9-12(17)10-19-15(14)18/h9-11,13H,6-8,17H2,1-5H3,(H2,18,19)/t11-,13-/m1/s1. The van der Waals surface area contributed by atoms with Gasteiger partial charge in [0.1, 0.15) is 5.82 Å². The van der Waals surface area contributed by atoms with Crippen molar-refractivity contribution in [3.63, 3.8) is 0 Å². The van der Waals surface area contributed by atoms with Crippen molar-refractivity contribution in [2.45, 2.75) is 70.2 Å². The number of aromatic nitrogens is 1. The fourth-order valence-electron chi connectivity index (χ4n) is 2.76. The van der Waals surface area contributed by atoms with Crippen LogP contribution < -0.4 is 11.5 Å². The van der Waals surface area contributed by atoms with Crippen LogP contribution in [0.3, 0.4) is 0 Å². The van der Waals surface area contributed by atoms with E-state index in [1.165, 1.54) is 0 Å². The maximum atomic E-state index is 6.53. The molecule has 0 radical (unpaired) electrons. The molecule has 1 heterocycles. The topological polar surface area (TPSA) is 74.2 Å². The highest BCUT2D eigenvalue weighted by Gasteiger charge is 2.41. The molecular formula is C16H29N3OSi. The Balaban J connectivity index is 2.06. The van der Waals surface area contributed by atoms with Gasteiger partial charge in [0.05, 0.1) is 11.9 Å². The smallest absolute Gasteiger partial charge is 0.192 e. The van der Waals surface area contributed by atoms with Gasteiger partial charge in [-0.3, -0.25) is 0 Å². The zero-order valence-corrected chi connectivity index (χ0v) is 14.9. The number of rotatable bonds is 3. The van der Waals surface area contributed by atoms with Crippen LogP contribution in [-0.4, -0.2) is 19.4 Å². The maximum Gasteiger partial charge on any atom is 0.192 e. The lowest BCUT2D eigenvalue weighted by atomic mass is 9.98. The highest BCUT2D eigenvalue weighted by atomic mass is 28.4. The lowest BCUT2D eigenvalue weighted by molar-refractivity contribution is 0.186. The second-order valence-corrected chi connectivity index (χ2v) is 12.5. The number of hydrogen-bond donors (Lipinski definition) is 2. The summed E-state index contributed by atoms with van der Waals surface area (Å²) in [4.78, 5) is 4.18. The van der Waals surface area contributed by atoms with Gasteiger partial charge >= 0.3 is 0 Å². The predicted octanol–water partition coefficient (Wildman–Crippen LogP) is 3.90. The highest BCUT2D eigenvalue weighted by Crippen LogP contribution is 2.43. The second-order valence-electron chi connectivity index (χ2n) is 7.75. The molecule has 4 N–H and O–H groups in total. The zero-order valence-electron chi connectivity index (χ0n) is 13.9. The van der Waals surface area contributed by atoms with E-state index in [1.807, 2.05) is 6.07 Å². The quantitative estimate of drug-likeness (QED) is 0.830. The molecule has 0 amide bonds. The first-order valence-electron chi connectivity index (χ1n) is 7.79. The van der Waals surface area contributed by atoms with Crippen molar-refractivity contribution >= 4 is 19.8 Å². The Kier molecular flexibility index (Phi) is 4.35. The lowest BCUT2D eigenvalue weighted by Crippen LogP contribution is -2.43. The van der Waals surface area contributed by atoms with Crippen molar-refractivity contribution in [3.05, 3.63) is 17.8 Å². The van der Waals surface area contributed by atoms with Gasteiger partial charge in [-0.2, -0.15) is 0 Å². The average Bonchev–Trinajstić information content (AvgIpc) is 2.78. The van der Waals surface area contributed by atoms with Crippen molar-refractivity contribution in [1.82, 2.24) is 4.98 Å². The molecule has 21 heavy (non-hydrogen) atoms. The Morgan fingerprint density at radius 1 is 1.24 bits per heavy atom. The summed E-state index contributed by atoms with van der Waals surface area (Å²) in [5.74, 6) is 1.04. The van der Waals surface area contributed by atoms with Gasteiger partial charge in [-0.25, -0.2) is 4.98 Å². The number of nitrogens with two attached hydrogens (primary N) is 2. The van der Waals surface area contributed by atoms with Crippen LogP contribution in [-0.2, 0) is 4.43 Å². The first-order valence-corrected chi connectivity index (χ1v) is 10.7. The summed E-state index contributed by atoms with van der Waals surface area (Å²) in [5, 5.41) is 0.253. The zero-order chi connectivity index (χ0) is 15.8. The van der Waals surface area contributed by atoms with Crippen molar-refractivity contribution in [1.29, 1.82) is 0 Å². The summed E-state index contributed by atoms with van der Waals surface area (Å²) >= 11 is 0. The lowest BCUT2D eigenvalue weighted by Gasteiger charge is -2.38. The largest absolute Gasteiger partial charge is 0.414 e. The number of nitrogens with zero attached hydrogens (tertiary/aromatic N) is 1. The minimum atomic E-state index is -1.70. The Labute approximate surface area is 129 Å². The molecule has 4 nitrogen and oxygen atoms in total. The Hall–Kier alpha value is -1.07. The fraction of sp³-hybridized carbons (Fsp3) is 0.688. The van der Waals surface area contributed by atoms with E-state index in [9.17, 15) is 0 Å². The molecule has 0 aliphatic heterocycles. The fourth-order valence-corrected chi connectivity index (χ4v) is 4.16. The molecule has 0 aromatic carbocycles. The van der Waals surface area contributed by atoms with Gasteiger partial charge in [0, 0.05) is 6.10 Å². The number of nitrogen functional groups attached to an aromatic ring is 2. The molecule has 2 rings (SSSR count). The molecule has 0 unspecified atom stereocenters. The molecule has 0 bridgehead atoms. The molecule has 1 aliphatic rings. The van der Waals surface area contributed by atoms with E-state index in [0.717, 1.165) is 24.8 Å². The van der Waals surface area contributed by atoms with E-state index < -0.39 is 8.32 Å². The third-order valence-corrected chi connectivity index (χ3v) is 9.60. The van der Waals surface area contributed by atoms with Gasteiger partial charge < -0.3 is 15.9 Å². The Morgan fingerprint density at radius 2 is 1.90 bits per heavy atom. The first-order chi connectivity index (χ1) is 9.60. The van der Waals surface area contributed by atoms with Crippen LogP contribution in [0.15, 0.2) is 12.3 Å². The van der Waals surface area contributed by atoms with E-state index in [1.54, 1.807) is 6.20 Å². The molecule has 0 spiro atoms.